The Morgan fingerprint density at radius 3 is 2.64 bits per heavy atom. The maximum absolute atomic E-state index is 12.9. The van der Waals surface area contributed by atoms with Crippen LogP contribution < -0.4 is 5.56 Å². The highest BCUT2D eigenvalue weighted by molar-refractivity contribution is 6.06. The Bertz CT molecular complexity index is 1180. The number of aryl methyl sites for hydroxylation is 1. The molecule has 0 aliphatic carbocycles. The van der Waals surface area contributed by atoms with E-state index < -0.39 is 0 Å². The second kappa shape index (κ2) is 5.41. The van der Waals surface area contributed by atoms with Gasteiger partial charge in [0.05, 0.1) is 16.6 Å². The van der Waals surface area contributed by atoms with E-state index in [-0.39, 0.29) is 11.3 Å². The molecule has 0 radical (unpaired) electrons. The maximum Gasteiger partial charge on any atom is 0.261 e. The first kappa shape index (κ1) is 15.3. The first-order chi connectivity index (χ1) is 12.0. The van der Waals surface area contributed by atoms with Crippen LogP contribution >= 0.6 is 0 Å². The summed E-state index contributed by atoms with van der Waals surface area (Å²) in [4.78, 5) is 32.9. The zero-order valence-corrected chi connectivity index (χ0v) is 14.3. The highest BCUT2D eigenvalue weighted by Crippen LogP contribution is 2.25. The number of hydrogen-bond donors (Lipinski definition) is 1. The molecular weight excluding hydrogens is 314 g/mol. The first-order valence-electron chi connectivity index (χ1n) is 8.06. The van der Waals surface area contributed by atoms with Crippen molar-refractivity contribution in [1.29, 1.82) is 0 Å². The smallest absolute Gasteiger partial charge is 0.261 e. The molecule has 2 heterocycles. The number of carbonyl (C=O) groups is 1. The molecule has 0 fully saturated rings. The number of para-hydroxylation sites is 1. The Morgan fingerprint density at radius 2 is 1.92 bits per heavy atom. The van der Waals surface area contributed by atoms with Crippen LogP contribution in [0.3, 0.4) is 0 Å². The van der Waals surface area contributed by atoms with Gasteiger partial charge < -0.3 is 4.98 Å². The fourth-order valence-corrected chi connectivity index (χ4v) is 3.22. The number of nitrogens with zero attached hydrogens (tertiary/aromatic N) is 2. The molecule has 124 valence electrons. The normalized spacial score (nSPS) is 11.3. The molecule has 0 saturated heterocycles. The SMILES string of the molecule is CC(=O)c1cc(C)cc2c(=O)n(C)c(-c3cc4ccccc4[nH]3)nc12. The molecule has 0 spiro atoms. The van der Waals surface area contributed by atoms with E-state index in [0.717, 1.165) is 22.2 Å². The molecule has 0 aliphatic heterocycles. The van der Waals surface area contributed by atoms with Crippen LogP contribution in [0.15, 0.2) is 47.3 Å². The van der Waals surface area contributed by atoms with Gasteiger partial charge in [-0.05, 0) is 43.7 Å². The summed E-state index contributed by atoms with van der Waals surface area (Å²) in [5.74, 6) is 0.414. The Kier molecular flexibility index (Phi) is 3.32. The third kappa shape index (κ3) is 2.36. The molecule has 0 aliphatic rings. The van der Waals surface area contributed by atoms with Gasteiger partial charge in [0.15, 0.2) is 11.6 Å². The van der Waals surface area contributed by atoms with E-state index >= 15 is 0 Å². The summed E-state index contributed by atoms with van der Waals surface area (Å²) in [5.41, 5.74) is 3.36. The van der Waals surface area contributed by atoms with Crippen LogP contribution in [0, 0.1) is 6.92 Å². The Morgan fingerprint density at radius 1 is 1.16 bits per heavy atom. The highest BCUT2D eigenvalue weighted by atomic mass is 16.1. The molecule has 2 aromatic carbocycles. The minimum absolute atomic E-state index is 0.1000. The van der Waals surface area contributed by atoms with Gasteiger partial charge in [0.1, 0.15) is 0 Å². The van der Waals surface area contributed by atoms with Crippen molar-refractivity contribution >= 4 is 27.6 Å². The predicted octanol–water partition coefficient (Wildman–Crippen LogP) is 3.59. The van der Waals surface area contributed by atoms with Crippen LogP contribution in [-0.2, 0) is 7.05 Å². The molecule has 0 amide bonds. The largest absolute Gasteiger partial charge is 0.352 e. The average Bonchev–Trinajstić information content (AvgIpc) is 3.01. The van der Waals surface area contributed by atoms with E-state index in [1.54, 1.807) is 19.2 Å². The van der Waals surface area contributed by atoms with Gasteiger partial charge in [0, 0.05) is 23.5 Å². The lowest BCUT2D eigenvalue weighted by atomic mass is 10.0. The van der Waals surface area contributed by atoms with E-state index in [0.29, 0.717) is 22.3 Å². The Hall–Kier alpha value is -3.21. The van der Waals surface area contributed by atoms with Crippen molar-refractivity contribution in [2.24, 2.45) is 7.05 Å². The predicted molar refractivity (Wildman–Crippen MR) is 99.0 cm³/mol. The minimum atomic E-state index is -0.162. The molecule has 5 nitrogen and oxygen atoms in total. The molecular formula is C20H17N3O2. The fraction of sp³-hybridized carbons (Fsp3) is 0.150. The summed E-state index contributed by atoms with van der Waals surface area (Å²) >= 11 is 0. The Balaban J connectivity index is 2.09. The van der Waals surface area contributed by atoms with Crippen LogP contribution in [0.2, 0.25) is 0 Å². The van der Waals surface area contributed by atoms with Crippen molar-refractivity contribution in [3.63, 3.8) is 0 Å². The topological polar surface area (TPSA) is 67.8 Å². The van der Waals surface area contributed by atoms with Gasteiger partial charge in [-0.1, -0.05) is 18.2 Å². The summed E-state index contributed by atoms with van der Waals surface area (Å²) in [6.07, 6.45) is 0. The van der Waals surface area contributed by atoms with Crippen LogP contribution in [0.4, 0.5) is 0 Å². The fourth-order valence-electron chi connectivity index (χ4n) is 3.22. The van der Waals surface area contributed by atoms with E-state index in [9.17, 15) is 9.59 Å². The number of rotatable bonds is 2. The number of fused-ring (bicyclic) bond motifs is 2. The number of nitrogens with one attached hydrogen (secondary N) is 1. The van der Waals surface area contributed by atoms with Gasteiger partial charge in [-0.15, -0.1) is 0 Å². The van der Waals surface area contributed by atoms with Gasteiger partial charge in [0.25, 0.3) is 5.56 Å². The highest BCUT2D eigenvalue weighted by Gasteiger charge is 2.16. The Labute approximate surface area is 143 Å². The van der Waals surface area contributed by atoms with Gasteiger partial charge in [-0.2, -0.15) is 0 Å². The van der Waals surface area contributed by atoms with Crippen LogP contribution in [0.1, 0.15) is 22.8 Å². The standard InChI is InChI=1S/C20H17N3O2/c1-11-8-14(12(2)24)18-15(9-11)20(25)23(3)19(22-18)17-10-13-6-4-5-7-16(13)21-17/h4-10,21H,1-3H3. The van der Waals surface area contributed by atoms with E-state index in [1.807, 2.05) is 37.3 Å². The van der Waals surface area contributed by atoms with E-state index in [4.69, 9.17) is 0 Å². The van der Waals surface area contributed by atoms with Crippen molar-refractivity contribution in [3.05, 3.63) is 63.9 Å². The van der Waals surface area contributed by atoms with Gasteiger partial charge in [-0.3, -0.25) is 14.2 Å². The lowest BCUT2D eigenvalue weighted by Crippen LogP contribution is -2.21. The summed E-state index contributed by atoms with van der Waals surface area (Å²) < 4.78 is 1.52. The molecule has 0 saturated carbocycles. The molecule has 2 aromatic heterocycles. The number of carbonyl (C=O) groups excluding carboxylic acids is 1. The molecule has 5 heteroatoms. The summed E-state index contributed by atoms with van der Waals surface area (Å²) in [5, 5.41) is 1.51. The van der Waals surface area contributed by atoms with Crippen LogP contribution in [0.25, 0.3) is 33.3 Å². The summed E-state index contributed by atoms with van der Waals surface area (Å²) in [7, 11) is 1.70. The van der Waals surface area contributed by atoms with E-state index in [2.05, 4.69) is 9.97 Å². The lowest BCUT2D eigenvalue weighted by Gasteiger charge is -2.10. The van der Waals surface area contributed by atoms with Crippen molar-refractivity contribution in [3.8, 4) is 11.5 Å². The first-order valence-corrected chi connectivity index (χ1v) is 8.06. The van der Waals surface area contributed by atoms with Gasteiger partial charge in [0.2, 0.25) is 0 Å². The average molecular weight is 331 g/mol. The number of Topliss-reactive ketones (excluding diaryl/α,β-unsaturated/α-hetero) is 1. The summed E-state index contributed by atoms with van der Waals surface area (Å²) in [6, 6.07) is 13.4. The van der Waals surface area contributed by atoms with Crippen LogP contribution in [-0.4, -0.2) is 20.3 Å². The maximum atomic E-state index is 12.9. The number of aromatic amines is 1. The van der Waals surface area contributed by atoms with Crippen molar-refractivity contribution in [2.75, 3.05) is 0 Å². The monoisotopic (exact) mass is 331 g/mol. The third-order valence-corrected chi connectivity index (χ3v) is 4.47. The van der Waals surface area contributed by atoms with Crippen molar-refractivity contribution < 1.29 is 4.79 Å². The van der Waals surface area contributed by atoms with Crippen molar-refractivity contribution in [1.82, 2.24) is 14.5 Å². The molecule has 4 rings (SSSR count). The zero-order valence-electron chi connectivity index (χ0n) is 14.3. The zero-order chi connectivity index (χ0) is 17.7. The van der Waals surface area contributed by atoms with Gasteiger partial charge >= 0.3 is 0 Å². The summed E-state index contributed by atoms with van der Waals surface area (Å²) in [6.45, 7) is 3.37. The molecule has 0 unspecified atom stereocenters. The minimum Gasteiger partial charge on any atom is -0.352 e. The second-order valence-electron chi connectivity index (χ2n) is 6.33. The number of ketones is 1. The molecule has 4 aromatic rings. The van der Waals surface area contributed by atoms with Crippen LogP contribution in [0.5, 0.6) is 0 Å². The molecule has 0 atom stereocenters. The van der Waals surface area contributed by atoms with E-state index in [1.165, 1.54) is 11.5 Å². The number of benzene rings is 2. The number of aromatic nitrogens is 3. The molecule has 0 bridgehead atoms. The lowest BCUT2D eigenvalue weighted by molar-refractivity contribution is 0.101. The third-order valence-electron chi connectivity index (χ3n) is 4.47. The molecule has 25 heavy (non-hydrogen) atoms. The van der Waals surface area contributed by atoms with Crippen molar-refractivity contribution in [2.45, 2.75) is 13.8 Å². The number of hydrogen-bond acceptors (Lipinski definition) is 3. The second-order valence-corrected chi connectivity index (χ2v) is 6.33. The number of H-pyrrole nitrogens is 1. The van der Waals surface area contributed by atoms with Gasteiger partial charge in [-0.25, -0.2) is 4.98 Å². The quantitative estimate of drug-likeness (QED) is 0.571. The molecule has 1 N–H and O–H groups in total.